The van der Waals surface area contributed by atoms with Gasteiger partial charge in [-0.3, -0.25) is 0 Å². The van der Waals surface area contributed by atoms with Crippen molar-refractivity contribution in [2.45, 2.75) is 59.3 Å². The molecule has 0 spiro atoms. The minimum atomic E-state index is 1.27. The highest BCUT2D eigenvalue weighted by molar-refractivity contribution is 5.35. The van der Waals surface area contributed by atoms with Gasteiger partial charge >= 0.3 is 0 Å². The number of rotatable bonds is 3. The summed E-state index contributed by atoms with van der Waals surface area (Å²) in [6.07, 6.45) is 7.89. The van der Waals surface area contributed by atoms with Gasteiger partial charge in [-0.1, -0.05) is 45.4 Å². The van der Waals surface area contributed by atoms with Crippen LogP contribution in [0, 0.1) is 0 Å². The van der Waals surface area contributed by atoms with E-state index in [1.807, 2.05) is 13.8 Å². The molecule has 0 heterocycles. The van der Waals surface area contributed by atoms with Gasteiger partial charge in [0.05, 0.1) is 0 Å². The summed E-state index contributed by atoms with van der Waals surface area (Å²) >= 11 is 0. The minimum absolute atomic E-state index is 1.27. The Morgan fingerprint density at radius 3 is 2.53 bits per heavy atom. The Labute approximate surface area is 94.7 Å². The lowest BCUT2D eigenvalue weighted by molar-refractivity contribution is 0.794. The minimum Gasteiger partial charge on any atom is -0.0683 e. The molecule has 15 heavy (non-hydrogen) atoms. The van der Waals surface area contributed by atoms with E-state index < -0.39 is 0 Å². The quantitative estimate of drug-likeness (QED) is 0.678. The van der Waals surface area contributed by atoms with Gasteiger partial charge < -0.3 is 0 Å². The molecule has 0 atom stereocenters. The highest BCUT2D eigenvalue weighted by Crippen LogP contribution is 2.23. The summed E-state index contributed by atoms with van der Waals surface area (Å²) in [5, 5.41) is 0. The zero-order valence-corrected chi connectivity index (χ0v) is 10.5. The van der Waals surface area contributed by atoms with Crippen molar-refractivity contribution in [2.24, 2.45) is 0 Å². The molecular formula is C15H24. The van der Waals surface area contributed by atoms with E-state index in [-0.39, 0.29) is 0 Å². The molecule has 0 bridgehead atoms. The molecule has 0 saturated heterocycles. The molecule has 0 N–H and O–H groups in total. The van der Waals surface area contributed by atoms with E-state index in [2.05, 4.69) is 25.1 Å². The molecule has 0 saturated carbocycles. The lowest BCUT2D eigenvalue weighted by atomic mass is 10.0. The van der Waals surface area contributed by atoms with Crippen LogP contribution in [-0.2, 0) is 19.3 Å². The van der Waals surface area contributed by atoms with Gasteiger partial charge in [0.1, 0.15) is 0 Å². The van der Waals surface area contributed by atoms with Gasteiger partial charge in [-0.2, -0.15) is 0 Å². The van der Waals surface area contributed by atoms with Crippen molar-refractivity contribution in [2.75, 3.05) is 0 Å². The standard InChI is InChI=1S/C13H18.C2H6/c1-2-3-5-11-8-9-12-6-4-7-13(12)10-11;1-2/h8-10H,2-7H2,1H3;1-2H3. The van der Waals surface area contributed by atoms with E-state index in [0.29, 0.717) is 0 Å². The zero-order valence-electron chi connectivity index (χ0n) is 10.5. The average Bonchev–Trinajstić information content (AvgIpc) is 2.76. The van der Waals surface area contributed by atoms with Crippen LogP contribution in [0.15, 0.2) is 18.2 Å². The Hall–Kier alpha value is -0.780. The van der Waals surface area contributed by atoms with Gasteiger partial charge in [-0.25, -0.2) is 0 Å². The van der Waals surface area contributed by atoms with Crippen LogP contribution in [0.1, 0.15) is 56.7 Å². The number of unbranched alkanes of at least 4 members (excludes halogenated alkanes) is 1. The van der Waals surface area contributed by atoms with E-state index in [4.69, 9.17) is 0 Å². The van der Waals surface area contributed by atoms with E-state index in [1.165, 1.54) is 38.5 Å². The Bertz CT molecular complexity index is 286. The predicted molar refractivity (Wildman–Crippen MR) is 68.4 cm³/mol. The fourth-order valence-electron chi connectivity index (χ4n) is 2.16. The summed E-state index contributed by atoms with van der Waals surface area (Å²) in [6.45, 7) is 6.26. The molecule has 1 aromatic carbocycles. The second-order valence-corrected chi connectivity index (χ2v) is 4.06. The summed E-state index contributed by atoms with van der Waals surface area (Å²) in [5.74, 6) is 0. The van der Waals surface area contributed by atoms with E-state index in [0.717, 1.165) is 0 Å². The summed E-state index contributed by atoms with van der Waals surface area (Å²) in [5.41, 5.74) is 4.76. The lowest BCUT2D eigenvalue weighted by Crippen LogP contribution is -1.88. The molecule has 84 valence electrons. The zero-order chi connectivity index (χ0) is 11.1. The van der Waals surface area contributed by atoms with Crippen LogP contribution in [0.2, 0.25) is 0 Å². The molecule has 0 aliphatic heterocycles. The summed E-state index contributed by atoms with van der Waals surface area (Å²) in [7, 11) is 0. The third-order valence-corrected chi connectivity index (χ3v) is 2.98. The number of hydrogen-bond acceptors (Lipinski definition) is 0. The number of fused-ring (bicyclic) bond motifs is 1. The molecule has 0 aromatic heterocycles. The van der Waals surface area contributed by atoms with E-state index >= 15 is 0 Å². The Kier molecular flexibility index (Phi) is 5.45. The number of aryl methyl sites for hydroxylation is 3. The Morgan fingerprint density at radius 1 is 1.07 bits per heavy atom. The van der Waals surface area contributed by atoms with Gasteiger partial charge in [0, 0.05) is 0 Å². The highest BCUT2D eigenvalue weighted by Gasteiger charge is 2.09. The van der Waals surface area contributed by atoms with Crippen molar-refractivity contribution in [1.29, 1.82) is 0 Å². The van der Waals surface area contributed by atoms with Gasteiger partial charge in [0.2, 0.25) is 0 Å². The van der Waals surface area contributed by atoms with Gasteiger partial charge in [-0.05, 0) is 48.8 Å². The Balaban J connectivity index is 0.000000531. The molecule has 0 nitrogen and oxygen atoms in total. The van der Waals surface area contributed by atoms with Crippen molar-refractivity contribution >= 4 is 0 Å². The molecule has 0 fully saturated rings. The fourth-order valence-corrected chi connectivity index (χ4v) is 2.16. The molecule has 1 aliphatic rings. The summed E-state index contributed by atoms with van der Waals surface area (Å²) < 4.78 is 0. The van der Waals surface area contributed by atoms with Crippen molar-refractivity contribution in [3.63, 3.8) is 0 Å². The largest absolute Gasteiger partial charge is 0.0683 e. The molecular weight excluding hydrogens is 180 g/mol. The van der Waals surface area contributed by atoms with Gasteiger partial charge in [-0.15, -0.1) is 0 Å². The van der Waals surface area contributed by atoms with Crippen LogP contribution in [0.5, 0.6) is 0 Å². The van der Waals surface area contributed by atoms with Crippen molar-refractivity contribution in [3.8, 4) is 0 Å². The fraction of sp³-hybridized carbons (Fsp3) is 0.600. The molecule has 0 amide bonds. The van der Waals surface area contributed by atoms with Crippen LogP contribution < -0.4 is 0 Å². The van der Waals surface area contributed by atoms with Crippen LogP contribution in [0.25, 0.3) is 0 Å². The first-order valence-corrected chi connectivity index (χ1v) is 6.51. The molecule has 0 radical (unpaired) electrons. The van der Waals surface area contributed by atoms with Crippen LogP contribution in [0.3, 0.4) is 0 Å². The van der Waals surface area contributed by atoms with Crippen molar-refractivity contribution in [3.05, 3.63) is 34.9 Å². The number of hydrogen-bond donors (Lipinski definition) is 0. The highest BCUT2D eigenvalue weighted by atomic mass is 14.1. The third-order valence-electron chi connectivity index (χ3n) is 2.98. The molecule has 1 aliphatic carbocycles. The third kappa shape index (κ3) is 3.37. The van der Waals surface area contributed by atoms with Crippen LogP contribution in [0.4, 0.5) is 0 Å². The van der Waals surface area contributed by atoms with Crippen LogP contribution in [-0.4, -0.2) is 0 Å². The second kappa shape index (κ2) is 6.66. The topological polar surface area (TPSA) is 0 Å². The maximum absolute atomic E-state index is 2.43. The van der Waals surface area contributed by atoms with E-state index in [1.54, 1.807) is 16.7 Å². The van der Waals surface area contributed by atoms with E-state index in [9.17, 15) is 0 Å². The average molecular weight is 204 g/mol. The first kappa shape index (κ1) is 12.3. The van der Waals surface area contributed by atoms with Crippen LogP contribution >= 0.6 is 0 Å². The SMILES string of the molecule is CC.CCCCc1ccc2c(c1)CCC2. The maximum Gasteiger partial charge on any atom is -0.0273 e. The Morgan fingerprint density at radius 2 is 1.80 bits per heavy atom. The second-order valence-electron chi connectivity index (χ2n) is 4.06. The first-order valence-electron chi connectivity index (χ1n) is 6.51. The summed E-state index contributed by atoms with van der Waals surface area (Å²) in [4.78, 5) is 0. The maximum atomic E-state index is 2.43. The van der Waals surface area contributed by atoms with Gasteiger partial charge in [0.15, 0.2) is 0 Å². The van der Waals surface area contributed by atoms with Gasteiger partial charge in [0.25, 0.3) is 0 Å². The number of benzene rings is 1. The smallest absolute Gasteiger partial charge is 0.0273 e. The molecule has 0 heteroatoms. The van der Waals surface area contributed by atoms with Crippen molar-refractivity contribution < 1.29 is 0 Å². The summed E-state index contributed by atoms with van der Waals surface area (Å²) in [6, 6.07) is 7.09. The normalized spacial score (nSPS) is 13.0. The predicted octanol–water partition coefficient (Wildman–Crippen LogP) is 4.54. The monoisotopic (exact) mass is 204 g/mol. The lowest BCUT2D eigenvalue weighted by Gasteiger charge is -2.03. The molecule has 2 rings (SSSR count). The first-order chi connectivity index (χ1) is 7.40. The molecule has 0 unspecified atom stereocenters. The molecule has 1 aromatic rings. The van der Waals surface area contributed by atoms with Crippen molar-refractivity contribution in [1.82, 2.24) is 0 Å².